The van der Waals surface area contributed by atoms with E-state index in [4.69, 9.17) is 4.74 Å². The highest BCUT2D eigenvalue weighted by atomic mass is 32.2. The van der Waals surface area contributed by atoms with Crippen molar-refractivity contribution in [2.45, 2.75) is 31.3 Å². The molecule has 4 rings (SSSR count). The Balaban J connectivity index is 1.66. The van der Waals surface area contributed by atoms with E-state index in [0.29, 0.717) is 24.5 Å². The van der Waals surface area contributed by atoms with E-state index in [1.54, 1.807) is 37.1 Å². The van der Waals surface area contributed by atoms with E-state index >= 15 is 0 Å². The molecule has 0 aliphatic carbocycles. The Morgan fingerprint density at radius 3 is 2.62 bits per heavy atom. The third-order valence-electron chi connectivity index (χ3n) is 4.94. The summed E-state index contributed by atoms with van der Waals surface area (Å²) in [4.78, 5) is 16.1. The molecule has 4 aromatic rings. The number of benzene rings is 2. The molecular formula is C25H24N4O2S. The fourth-order valence-corrected chi connectivity index (χ4v) is 4.28. The van der Waals surface area contributed by atoms with Crippen molar-refractivity contribution < 1.29 is 9.53 Å². The molecule has 0 aliphatic rings. The predicted octanol–water partition coefficient (Wildman–Crippen LogP) is 5.28. The molecule has 32 heavy (non-hydrogen) atoms. The van der Waals surface area contributed by atoms with Gasteiger partial charge in [-0.15, -0.1) is 10.2 Å². The van der Waals surface area contributed by atoms with Crippen LogP contribution in [0, 0.1) is 0 Å². The molecule has 0 bridgehead atoms. The zero-order chi connectivity index (χ0) is 22.3. The number of thioether (sulfide) groups is 1. The first-order chi connectivity index (χ1) is 15.7. The van der Waals surface area contributed by atoms with Crippen molar-refractivity contribution in [3.8, 4) is 17.1 Å². The lowest BCUT2D eigenvalue weighted by Gasteiger charge is -2.13. The van der Waals surface area contributed by atoms with Gasteiger partial charge < -0.3 is 4.74 Å². The third kappa shape index (κ3) is 5.06. The van der Waals surface area contributed by atoms with Gasteiger partial charge in [-0.2, -0.15) is 0 Å². The summed E-state index contributed by atoms with van der Waals surface area (Å²) in [6.45, 7) is 4.73. The lowest BCUT2D eigenvalue weighted by atomic mass is 10.1. The van der Waals surface area contributed by atoms with E-state index in [2.05, 4.69) is 31.9 Å². The summed E-state index contributed by atoms with van der Waals surface area (Å²) < 4.78 is 7.89. The van der Waals surface area contributed by atoms with Crippen molar-refractivity contribution in [3.05, 3.63) is 89.7 Å². The van der Waals surface area contributed by atoms with E-state index in [-0.39, 0.29) is 5.78 Å². The Morgan fingerprint density at radius 2 is 1.91 bits per heavy atom. The topological polar surface area (TPSA) is 69.9 Å². The average Bonchev–Trinajstić information content (AvgIpc) is 3.22. The first kappa shape index (κ1) is 21.8. The fraction of sp³-hybridized carbons (Fsp3) is 0.200. The van der Waals surface area contributed by atoms with Crippen LogP contribution in [-0.4, -0.2) is 32.1 Å². The molecule has 0 atom stereocenters. The number of hydrogen-bond donors (Lipinski definition) is 0. The van der Waals surface area contributed by atoms with Gasteiger partial charge in [-0.1, -0.05) is 42.1 Å². The van der Waals surface area contributed by atoms with Gasteiger partial charge in [0.25, 0.3) is 0 Å². The summed E-state index contributed by atoms with van der Waals surface area (Å²) >= 11 is 1.57. The van der Waals surface area contributed by atoms with E-state index in [1.165, 1.54) is 0 Å². The van der Waals surface area contributed by atoms with Crippen LogP contribution in [-0.2, 0) is 12.3 Å². The monoisotopic (exact) mass is 444 g/mol. The van der Waals surface area contributed by atoms with Crippen molar-refractivity contribution in [2.24, 2.45) is 0 Å². The summed E-state index contributed by atoms with van der Waals surface area (Å²) in [6, 6.07) is 19.7. The number of aromatic nitrogens is 4. The number of carbonyl (C=O) groups excluding carboxylic acids is 1. The number of hydrogen-bond acceptors (Lipinski definition) is 6. The van der Waals surface area contributed by atoms with Crippen molar-refractivity contribution in [1.29, 1.82) is 0 Å². The Hall–Kier alpha value is -3.45. The van der Waals surface area contributed by atoms with Gasteiger partial charge in [-0.05, 0) is 49.7 Å². The lowest BCUT2D eigenvalue weighted by Crippen LogP contribution is -2.05. The van der Waals surface area contributed by atoms with Crippen LogP contribution in [0.3, 0.4) is 0 Å². The minimum absolute atomic E-state index is 0.0328. The van der Waals surface area contributed by atoms with Crippen molar-refractivity contribution >= 4 is 17.5 Å². The van der Waals surface area contributed by atoms with Crippen molar-refractivity contribution in [3.63, 3.8) is 0 Å². The second kappa shape index (κ2) is 10.2. The van der Waals surface area contributed by atoms with Gasteiger partial charge in [0.05, 0.1) is 13.2 Å². The van der Waals surface area contributed by atoms with Gasteiger partial charge in [0.15, 0.2) is 16.8 Å². The molecule has 0 fully saturated rings. The summed E-state index contributed by atoms with van der Waals surface area (Å²) in [7, 11) is 0. The van der Waals surface area contributed by atoms with Crippen LogP contribution >= 0.6 is 11.8 Å². The molecule has 6 nitrogen and oxygen atoms in total. The average molecular weight is 445 g/mol. The van der Waals surface area contributed by atoms with Gasteiger partial charge in [-0.3, -0.25) is 14.3 Å². The fourth-order valence-electron chi connectivity index (χ4n) is 3.36. The van der Waals surface area contributed by atoms with Gasteiger partial charge in [0, 0.05) is 34.8 Å². The Morgan fingerprint density at radius 1 is 1.06 bits per heavy atom. The second-order valence-electron chi connectivity index (χ2n) is 7.22. The van der Waals surface area contributed by atoms with Crippen LogP contribution in [0.15, 0.2) is 78.2 Å². The molecule has 0 radical (unpaired) electrons. The molecular weight excluding hydrogens is 420 g/mol. The number of nitrogens with zero attached hydrogens (tertiary/aromatic N) is 4. The number of pyridine rings is 1. The summed E-state index contributed by atoms with van der Waals surface area (Å²) in [5, 5.41) is 9.74. The SMILES string of the molecule is CCOc1ccc(C(C)=O)cc1CSc1nnc(-c2cccnc2)n1Cc1ccccc1. The van der Waals surface area contributed by atoms with Crippen LogP contribution in [0.25, 0.3) is 11.4 Å². The molecule has 0 saturated carbocycles. The minimum atomic E-state index is 0.0328. The first-order valence-corrected chi connectivity index (χ1v) is 11.4. The molecule has 0 amide bonds. The van der Waals surface area contributed by atoms with Crippen molar-refractivity contribution in [1.82, 2.24) is 19.7 Å². The number of ether oxygens (including phenoxy) is 1. The normalized spacial score (nSPS) is 10.8. The highest BCUT2D eigenvalue weighted by molar-refractivity contribution is 7.98. The van der Waals surface area contributed by atoms with Crippen LogP contribution in [0.2, 0.25) is 0 Å². The summed E-state index contributed by atoms with van der Waals surface area (Å²) in [5.74, 6) is 2.19. The van der Waals surface area contributed by atoms with Gasteiger partial charge in [0.2, 0.25) is 0 Å². The Labute approximate surface area is 191 Å². The summed E-state index contributed by atoms with van der Waals surface area (Å²) in [5.41, 5.74) is 3.71. The number of carbonyl (C=O) groups is 1. The van der Waals surface area contributed by atoms with E-state index in [0.717, 1.165) is 33.4 Å². The number of Topliss-reactive ketones (excluding diaryl/α,β-unsaturated/α-hetero) is 1. The van der Waals surface area contributed by atoms with Crippen LogP contribution in [0.4, 0.5) is 0 Å². The van der Waals surface area contributed by atoms with Gasteiger partial charge in [-0.25, -0.2) is 0 Å². The largest absolute Gasteiger partial charge is 0.494 e. The van der Waals surface area contributed by atoms with Gasteiger partial charge in [0.1, 0.15) is 5.75 Å². The highest BCUT2D eigenvalue weighted by Gasteiger charge is 2.16. The maximum atomic E-state index is 11.9. The molecule has 0 aliphatic heterocycles. The smallest absolute Gasteiger partial charge is 0.192 e. The predicted molar refractivity (Wildman–Crippen MR) is 126 cm³/mol. The van der Waals surface area contributed by atoms with Crippen LogP contribution in [0.5, 0.6) is 5.75 Å². The second-order valence-corrected chi connectivity index (χ2v) is 8.16. The molecule has 0 N–H and O–H groups in total. The molecule has 2 aromatic heterocycles. The summed E-state index contributed by atoms with van der Waals surface area (Å²) in [6.07, 6.45) is 3.54. The van der Waals surface area contributed by atoms with Crippen LogP contribution in [0.1, 0.15) is 35.3 Å². The number of rotatable bonds is 9. The molecule has 0 spiro atoms. The van der Waals surface area contributed by atoms with E-state index in [9.17, 15) is 4.79 Å². The minimum Gasteiger partial charge on any atom is -0.494 e. The Bertz CT molecular complexity index is 1190. The van der Waals surface area contributed by atoms with Crippen molar-refractivity contribution in [2.75, 3.05) is 6.61 Å². The molecule has 7 heteroatoms. The zero-order valence-electron chi connectivity index (χ0n) is 18.1. The van der Waals surface area contributed by atoms with Crippen LogP contribution < -0.4 is 4.74 Å². The lowest BCUT2D eigenvalue weighted by molar-refractivity contribution is 0.101. The maximum absolute atomic E-state index is 11.9. The third-order valence-corrected chi connectivity index (χ3v) is 5.96. The Kier molecular flexibility index (Phi) is 6.97. The van der Waals surface area contributed by atoms with E-state index < -0.39 is 0 Å². The zero-order valence-corrected chi connectivity index (χ0v) is 18.9. The standard InChI is InChI=1S/C25H24N4O2S/c1-3-31-23-12-11-20(18(2)30)14-22(23)17-32-25-28-27-24(21-10-7-13-26-15-21)29(25)16-19-8-5-4-6-9-19/h4-15H,3,16-17H2,1-2H3. The highest BCUT2D eigenvalue weighted by Crippen LogP contribution is 2.31. The maximum Gasteiger partial charge on any atom is 0.192 e. The molecule has 162 valence electrons. The molecule has 2 aromatic carbocycles. The number of ketones is 1. The molecule has 2 heterocycles. The molecule has 0 unspecified atom stereocenters. The quantitative estimate of drug-likeness (QED) is 0.258. The van der Waals surface area contributed by atoms with E-state index in [1.807, 2.05) is 49.4 Å². The first-order valence-electron chi connectivity index (χ1n) is 10.4. The van der Waals surface area contributed by atoms with Gasteiger partial charge >= 0.3 is 0 Å². The molecule has 0 saturated heterocycles.